The molecular weight excluding hydrogens is 134 g/mol. The van der Waals surface area contributed by atoms with E-state index in [9.17, 15) is 0 Å². The lowest BCUT2D eigenvalue weighted by Gasteiger charge is -2.11. The Labute approximate surface area is 61.1 Å². The third-order valence-corrected chi connectivity index (χ3v) is 0.865. The molecule has 0 saturated carbocycles. The van der Waals surface area contributed by atoms with E-state index >= 15 is 0 Å². The van der Waals surface area contributed by atoms with Gasteiger partial charge in [-0.1, -0.05) is 0 Å². The van der Waals surface area contributed by atoms with E-state index in [-0.39, 0.29) is 12.9 Å². The van der Waals surface area contributed by atoms with E-state index in [1.807, 2.05) is 6.92 Å². The maximum Gasteiger partial charge on any atom is 0.174 e. The molecule has 0 fully saturated rings. The Balaban J connectivity index is 2.97. The molecule has 0 amide bonds. The topological polar surface area (TPSA) is 50.7 Å². The lowest BCUT2D eigenvalue weighted by molar-refractivity contribution is -0.167. The summed E-state index contributed by atoms with van der Waals surface area (Å²) < 4.78 is 5.02. The summed E-state index contributed by atoms with van der Waals surface area (Å²) in [5, 5.41) is 8.33. The second-order valence-electron chi connectivity index (χ2n) is 1.76. The number of hydrogen-bond donors (Lipinski definition) is 2. The van der Waals surface area contributed by atoms with Gasteiger partial charge in [-0.05, 0) is 13.8 Å². The van der Waals surface area contributed by atoms with Crippen LogP contribution in [-0.4, -0.2) is 31.2 Å². The molecule has 1 atom stereocenters. The number of aliphatic hydroxyl groups is 1. The van der Waals surface area contributed by atoms with Crippen LogP contribution in [0.4, 0.5) is 0 Å². The Morgan fingerprint density at radius 1 is 1.60 bits per heavy atom. The third kappa shape index (κ3) is 5.97. The number of hydroxylamine groups is 1. The first-order valence-corrected chi connectivity index (χ1v) is 3.42. The molecule has 0 aliphatic rings. The Morgan fingerprint density at radius 3 is 2.80 bits per heavy atom. The van der Waals surface area contributed by atoms with Crippen molar-refractivity contribution < 1.29 is 14.7 Å². The molecular formula is C6H15NO3. The number of rotatable bonds is 6. The number of ether oxygens (including phenoxy) is 1. The summed E-state index contributed by atoms with van der Waals surface area (Å²) >= 11 is 0. The van der Waals surface area contributed by atoms with Gasteiger partial charge in [-0.2, -0.15) is 5.48 Å². The minimum absolute atomic E-state index is 0.0683. The fourth-order valence-corrected chi connectivity index (χ4v) is 0.491. The molecule has 0 saturated heterocycles. The molecule has 1 unspecified atom stereocenters. The maximum absolute atomic E-state index is 8.33. The lowest BCUT2D eigenvalue weighted by Crippen LogP contribution is -2.26. The molecule has 0 aromatic carbocycles. The largest absolute Gasteiger partial charge is 0.395 e. The van der Waals surface area contributed by atoms with Crippen molar-refractivity contribution in [2.24, 2.45) is 0 Å². The van der Waals surface area contributed by atoms with Gasteiger partial charge in [0, 0.05) is 13.2 Å². The highest BCUT2D eigenvalue weighted by atomic mass is 16.8. The van der Waals surface area contributed by atoms with E-state index < -0.39 is 0 Å². The van der Waals surface area contributed by atoms with Crippen LogP contribution in [0.5, 0.6) is 0 Å². The Bertz CT molecular complexity index is 70.0. The molecule has 0 aromatic heterocycles. The smallest absolute Gasteiger partial charge is 0.174 e. The van der Waals surface area contributed by atoms with E-state index in [1.165, 1.54) is 0 Å². The van der Waals surface area contributed by atoms with Crippen molar-refractivity contribution in [3.05, 3.63) is 0 Å². The van der Waals surface area contributed by atoms with Gasteiger partial charge in [0.25, 0.3) is 0 Å². The van der Waals surface area contributed by atoms with Crippen LogP contribution in [-0.2, 0) is 9.57 Å². The van der Waals surface area contributed by atoms with E-state index in [1.54, 1.807) is 6.92 Å². The molecule has 4 heteroatoms. The Hall–Kier alpha value is -0.160. The van der Waals surface area contributed by atoms with E-state index in [4.69, 9.17) is 14.7 Å². The van der Waals surface area contributed by atoms with Crippen LogP contribution in [0, 0.1) is 0 Å². The molecule has 0 spiro atoms. The van der Waals surface area contributed by atoms with E-state index in [2.05, 4.69) is 5.48 Å². The summed E-state index contributed by atoms with van der Waals surface area (Å²) in [4.78, 5) is 4.89. The SMILES string of the molecule is CCOC(C)ONCCO. The monoisotopic (exact) mass is 149 g/mol. The van der Waals surface area contributed by atoms with Gasteiger partial charge in [-0.3, -0.25) is 4.84 Å². The standard InChI is InChI=1S/C6H15NO3/c1-3-9-6(2)10-7-4-5-8/h6-8H,3-5H2,1-2H3. The minimum atomic E-state index is -0.253. The van der Waals surface area contributed by atoms with Crippen LogP contribution >= 0.6 is 0 Å². The van der Waals surface area contributed by atoms with Gasteiger partial charge in [-0.25, -0.2) is 0 Å². The average molecular weight is 149 g/mol. The highest BCUT2D eigenvalue weighted by molar-refractivity contribution is 4.29. The minimum Gasteiger partial charge on any atom is -0.395 e. The van der Waals surface area contributed by atoms with Crippen LogP contribution in [0.15, 0.2) is 0 Å². The fraction of sp³-hybridized carbons (Fsp3) is 1.00. The molecule has 0 aliphatic heterocycles. The fourth-order valence-electron chi connectivity index (χ4n) is 0.491. The number of aliphatic hydroxyl groups excluding tert-OH is 1. The van der Waals surface area contributed by atoms with Gasteiger partial charge in [0.2, 0.25) is 0 Å². The zero-order chi connectivity index (χ0) is 7.82. The average Bonchev–Trinajstić information content (AvgIpc) is 1.89. The summed E-state index contributed by atoms with van der Waals surface area (Å²) in [7, 11) is 0. The molecule has 4 nitrogen and oxygen atoms in total. The molecule has 0 radical (unpaired) electrons. The van der Waals surface area contributed by atoms with Crippen LogP contribution in [0.1, 0.15) is 13.8 Å². The van der Waals surface area contributed by atoms with Crippen molar-refractivity contribution in [1.29, 1.82) is 0 Å². The van der Waals surface area contributed by atoms with Gasteiger partial charge in [-0.15, -0.1) is 0 Å². The van der Waals surface area contributed by atoms with E-state index in [0.717, 1.165) is 0 Å². The molecule has 0 aromatic rings. The summed E-state index contributed by atoms with van der Waals surface area (Å²) in [5.74, 6) is 0. The molecule has 0 bridgehead atoms. The molecule has 0 rings (SSSR count). The predicted octanol–water partition coefficient (Wildman–Crippen LogP) is -0.118. The zero-order valence-corrected chi connectivity index (χ0v) is 6.46. The van der Waals surface area contributed by atoms with Crippen LogP contribution in [0.3, 0.4) is 0 Å². The zero-order valence-electron chi connectivity index (χ0n) is 6.46. The first-order chi connectivity index (χ1) is 4.81. The first kappa shape index (κ1) is 9.84. The van der Waals surface area contributed by atoms with Crippen molar-refractivity contribution in [2.45, 2.75) is 20.1 Å². The summed E-state index contributed by atoms with van der Waals surface area (Å²) in [6, 6.07) is 0. The normalized spacial score (nSPS) is 13.5. The highest BCUT2D eigenvalue weighted by Crippen LogP contribution is 1.88. The third-order valence-electron chi connectivity index (χ3n) is 0.865. The lowest BCUT2D eigenvalue weighted by atomic mass is 10.7. The Kier molecular flexibility index (Phi) is 6.84. The Morgan fingerprint density at radius 2 is 2.30 bits per heavy atom. The summed E-state index contributed by atoms with van der Waals surface area (Å²) in [6.07, 6.45) is -0.253. The van der Waals surface area contributed by atoms with Crippen LogP contribution in [0.25, 0.3) is 0 Å². The van der Waals surface area contributed by atoms with Crippen molar-refractivity contribution in [1.82, 2.24) is 5.48 Å². The molecule has 2 N–H and O–H groups in total. The van der Waals surface area contributed by atoms with Gasteiger partial charge in [0.05, 0.1) is 6.61 Å². The van der Waals surface area contributed by atoms with Gasteiger partial charge in [0.1, 0.15) is 0 Å². The van der Waals surface area contributed by atoms with E-state index in [0.29, 0.717) is 13.2 Å². The molecule has 0 aliphatic carbocycles. The van der Waals surface area contributed by atoms with Crippen LogP contribution in [0.2, 0.25) is 0 Å². The van der Waals surface area contributed by atoms with Crippen molar-refractivity contribution in [2.75, 3.05) is 19.8 Å². The summed E-state index contributed by atoms with van der Waals surface area (Å²) in [6.45, 7) is 4.80. The number of nitrogens with one attached hydrogen (secondary N) is 1. The summed E-state index contributed by atoms with van der Waals surface area (Å²) in [5.41, 5.74) is 2.54. The van der Waals surface area contributed by atoms with Gasteiger partial charge < -0.3 is 9.84 Å². The van der Waals surface area contributed by atoms with Crippen molar-refractivity contribution >= 4 is 0 Å². The highest BCUT2D eigenvalue weighted by Gasteiger charge is 1.97. The van der Waals surface area contributed by atoms with Crippen molar-refractivity contribution in [3.63, 3.8) is 0 Å². The predicted molar refractivity (Wildman–Crippen MR) is 37.3 cm³/mol. The molecule has 62 valence electrons. The number of hydrogen-bond acceptors (Lipinski definition) is 4. The molecule has 10 heavy (non-hydrogen) atoms. The van der Waals surface area contributed by atoms with Crippen LogP contribution < -0.4 is 5.48 Å². The maximum atomic E-state index is 8.33. The first-order valence-electron chi connectivity index (χ1n) is 3.42. The van der Waals surface area contributed by atoms with Gasteiger partial charge in [0.15, 0.2) is 6.29 Å². The quantitative estimate of drug-likeness (QED) is 0.314. The van der Waals surface area contributed by atoms with Crippen molar-refractivity contribution in [3.8, 4) is 0 Å². The second-order valence-corrected chi connectivity index (χ2v) is 1.76. The second kappa shape index (κ2) is 6.95. The van der Waals surface area contributed by atoms with Gasteiger partial charge >= 0.3 is 0 Å². The molecule has 0 heterocycles.